The number of piperidine rings is 1. The monoisotopic (exact) mass is 284 g/mol. The Morgan fingerprint density at radius 1 is 1.43 bits per heavy atom. The number of H-pyrrole nitrogens is 1. The summed E-state index contributed by atoms with van der Waals surface area (Å²) in [5.74, 6) is 0.731. The molecule has 0 saturated carbocycles. The second-order valence-corrected chi connectivity index (χ2v) is 5.70. The van der Waals surface area contributed by atoms with Gasteiger partial charge in [-0.25, -0.2) is 0 Å². The van der Waals surface area contributed by atoms with E-state index in [4.69, 9.17) is 0 Å². The fraction of sp³-hybridized carbons (Fsp3) is 0.438. The van der Waals surface area contributed by atoms with Crippen LogP contribution in [0, 0.1) is 5.92 Å². The second-order valence-electron chi connectivity index (χ2n) is 5.70. The van der Waals surface area contributed by atoms with Crippen molar-refractivity contribution in [1.29, 1.82) is 0 Å². The summed E-state index contributed by atoms with van der Waals surface area (Å²) in [6.07, 6.45) is 6.93. The van der Waals surface area contributed by atoms with Crippen LogP contribution >= 0.6 is 0 Å². The smallest absolute Gasteiger partial charge is 0.219 e. The Morgan fingerprint density at radius 3 is 3.00 bits per heavy atom. The summed E-state index contributed by atoms with van der Waals surface area (Å²) in [5, 5.41) is 6.85. The predicted octanol–water partition coefficient (Wildman–Crippen LogP) is 2.27. The number of pyridine rings is 1. The number of carbonyl (C=O) groups excluding carboxylic acids is 1. The summed E-state index contributed by atoms with van der Waals surface area (Å²) in [7, 11) is 0. The first-order chi connectivity index (χ1) is 10.2. The molecule has 1 N–H and O–H groups in total. The zero-order chi connectivity index (χ0) is 14.7. The lowest BCUT2D eigenvalue weighted by atomic mass is 9.92. The number of amides is 1. The molecular weight excluding hydrogens is 264 g/mol. The zero-order valence-corrected chi connectivity index (χ0v) is 12.2. The van der Waals surface area contributed by atoms with E-state index in [0.29, 0.717) is 5.92 Å². The van der Waals surface area contributed by atoms with E-state index in [2.05, 4.69) is 21.2 Å². The lowest BCUT2D eigenvalue weighted by molar-refractivity contribution is -0.130. The molecule has 1 saturated heterocycles. The Hall–Kier alpha value is -2.17. The maximum absolute atomic E-state index is 11.5. The highest BCUT2D eigenvalue weighted by atomic mass is 16.2. The van der Waals surface area contributed by atoms with Crippen LogP contribution in [-0.4, -0.2) is 39.1 Å². The number of aromatic amines is 1. The van der Waals surface area contributed by atoms with Crippen LogP contribution in [0.15, 0.2) is 30.6 Å². The molecule has 0 radical (unpaired) electrons. The summed E-state index contributed by atoms with van der Waals surface area (Å²) in [4.78, 5) is 17.9. The van der Waals surface area contributed by atoms with Crippen LogP contribution in [-0.2, 0) is 11.2 Å². The molecule has 5 nitrogen and oxygen atoms in total. The maximum Gasteiger partial charge on any atom is 0.219 e. The molecule has 110 valence electrons. The van der Waals surface area contributed by atoms with Gasteiger partial charge in [0.1, 0.15) is 0 Å². The van der Waals surface area contributed by atoms with Gasteiger partial charge in [-0.3, -0.25) is 14.9 Å². The Balaban J connectivity index is 1.64. The molecule has 1 aliphatic rings. The average Bonchev–Trinajstić information content (AvgIpc) is 3.02. The van der Waals surface area contributed by atoms with Crippen LogP contribution < -0.4 is 0 Å². The number of likely N-dealkylation sites (tertiary alicyclic amines) is 1. The molecule has 1 amide bonds. The molecule has 0 aliphatic carbocycles. The first kappa shape index (κ1) is 13.8. The van der Waals surface area contributed by atoms with Gasteiger partial charge in [0.05, 0.1) is 11.4 Å². The largest absolute Gasteiger partial charge is 0.343 e. The van der Waals surface area contributed by atoms with Crippen LogP contribution in [0.1, 0.15) is 25.3 Å². The van der Waals surface area contributed by atoms with E-state index in [1.807, 2.05) is 23.2 Å². The minimum absolute atomic E-state index is 0.187. The van der Waals surface area contributed by atoms with Crippen LogP contribution in [0.5, 0.6) is 0 Å². The fourth-order valence-electron chi connectivity index (χ4n) is 2.95. The number of hydrogen-bond acceptors (Lipinski definition) is 3. The van der Waals surface area contributed by atoms with Crippen LogP contribution in [0.4, 0.5) is 0 Å². The molecule has 0 bridgehead atoms. The van der Waals surface area contributed by atoms with Crippen molar-refractivity contribution in [3.63, 3.8) is 0 Å². The van der Waals surface area contributed by atoms with E-state index >= 15 is 0 Å². The molecule has 1 atom stereocenters. The SMILES string of the molecule is CC(=O)N1CCC[C@H](Cc2ccc(-c3ccn[nH]3)nc2)C1. The van der Waals surface area contributed by atoms with Gasteiger partial charge in [-0.15, -0.1) is 0 Å². The molecular formula is C16H20N4O. The summed E-state index contributed by atoms with van der Waals surface area (Å²) in [6.45, 7) is 3.43. The van der Waals surface area contributed by atoms with Crippen molar-refractivity contribution in [2.24, 2.45) is 5.92 Å². The molecule has 3 rings (SSSR count). The normalized spacial score (nSPS) is 18.7. The lowest BCUT2D eigenvalue weighted by Gasteiger charge is -2.32. The number of aromatic nitrogens is 3. The van der Waals surface area contributed by atoms with Crippen molar-refractivity contribution in [1.82, 2.24) is 20.1 Å². The molecule has 5 heteroatoms. The van der Waals surface area contributed by atoms with E-state index < -0.39 is 0 Å². The number of rotatable bonds is 3. The van der Waals surface area contributed by atoms with Crippen LogP contribution in [0.3, 0.4) is 0 Å². The molecule has 2 aromatic heterocycles. The molecule has 1 fully saturated rings. The fourth-order valence-corrected chi connectivity index (χ4v) is 2.95. The second kappa shape index (κ2) is 6.08. The molecule has 1 aliphatic heterocycles. The minimum atomic E-state index is 0.187. The van der Waals surface area contributed by atoms with Gasteiger partial charge in [0.25, 0.3) is 0 Å². The molecule has 21 heavy (non-hydrogen) atoms. The number of hydrogen-bond donors (Lipinski definition) is 1. The topological polar surface area (TPSA) is 61.9 Å². The van der Waals surface area contributed by atoms with Crippen molar-refractivity contribution >= 4 is 5.91 Å². The van der Waals surface area contributed by atoms with Crippen molar-refractivity contribution in [3.8, 4) is 11.4 Å². The predicted molar refractivity (Wildman–Crippen MR) is 80.5 cm³/mol. The van der Waals surface area contributed by atoms with Crippen molar-refractivity contribution in [3.05, 3.63) is 36.2 Å². The van der Waals surface area contributed by atoms with Gasteiger partial charge >= 0.3 is 0 Å². The average molecular weight is 284 g/mol. The van der Waals surface area contributed by atoms with Crippen LogP contribution in [0.25, 0.3) is 11.4 Å². The summed E-state index contributed by atoms with van der Waals surface area (Å²) < 4.78 is 0. The van der Waals surface area contributed by atoms with E-state index in [-0.39, 0.29) is 5.91 Å². The third kappa shape index (κ3) is 3.29. The Kier molecular flexibility index (Phi) is 3.99. The maximum atomic E-state index is 11.5. The highest BCUT2D eigenvalue weighted by molar-refractivity contribution is 5.73. The lowest BCUT2D eigenvalue weighted by Crippen LogP contribution is -2.39. The third-order valence-electron chi connectivity index (χ3n) is 4.09. The van der Waals surface area contributed by atoms with Gasteiger partial charge in [-0.1, -0.05) is 6.07 Å². The minimum Gasteiger partial charge on any atom is -0.343 e. The van der Waals surface area contributed by atoms with Gasteiger partial charge in [-0.2, -0.15) is 5.10 Å². The van der Waals surface area contributed by atoms with Gasteiger partial charge in [-0.05, 0) is 42.9 Å². The number of nitrogens with zero attached hydrogens (tertiary/aromatic N) is 3. The molecule has 3 heterocycles. The molecule has 0 unspecified atom stereocenters. The van der Waals surface area contributed by atoms with E-state index in [1.54, 1.807) is 13.1 Å². The highest BCUT2D eigenvalue weighted by Gasteiger charge is 2.21. The number of nitrogens with one attached hydrogen (secondary N) is 1. The quantitative estimate of drug-likeness (QED) is 0.940. The Bertz CT molecular complexity index is 591. The summed E-state index contributed by atoms with van der Waals surface area (Å²) in [5.41, 5.74) is 3.07. The van der Waals surface area contributed by atoms with Crippen LogP contribution in [0.2, 0.25) is 0 Å². The highest BCUT2D eigenvalue weighted by Crippen LogP contribution is 2.21. The molecule has 0 aromatic carbocycles. The first-order valence-electron chi connectivity index (χ1n) is 7.42. The summed E-state index contributed by atoms with van der Waals surface area (Å²) >= 11 is 0. The van der Waals surface area contributed by atoms with E-state index in [0.717, 1.165) is 37.3 Å². The van der Waals surface area contributed by atoms with Crippen molar-refractivity contribution in [2.75, 3.05) is 13.1 Å². The Morgan fingerprint density at radius 2 is 2.33 bits per heavy atom. The standard InChI is InChI=1S/C16H20N4O/c1-12(21)20-8-2-3-14(11-20)9-13-4-5-15(17-10-13)16-6-7-18-19-16/h4-7,10,14H,2-3,8-9,11H2,1H3,(H,18,19)/t14-/m1/s1. The summed E-state index contributed by atoms with van der Waals surface area (Å²) in [6, 6.07) is 6.05. The third-order valence-corrected chi connectivity index (χ3v) is 4.09. The Labute approximate surface area is 124 Å². The van der Waals surface area contributed by atoms with E-state index in [9.17, 15) is 4.79 Å². The van der Waals surface area contributed by atoms with E-state index in [1.165, 1.54) is 12.0 Å². The van der Waals surface area contributed by atoms with Crippen molar-refractivity contribution in [2.45, 2.75) is 26.2 Å². The molecule has 2 aromatic rings. The first-order valence-corrected chi connectivity index (χ1v) is 7.42. The van der Waals surface area contributed by atoms with Gasteiger partial charge in [0.15, 0.2) is 0 Å². The molecule has 0 spiro atoms. The van der Waals surface area contributed by atoms with Gasteiger partial charge in [0.2, 0.25) is 5.91 Å². The zero-order valence-electron chi connectivity index (χ0n) is 12.2. The van der Waals surface area contributed by atoms with Crippen molar-refractivity contribution < 1.29 is 4.79 Å². The number of carbonyl (C=O) groups is 1. The van der Waals surface area contributed by atoms with Gasteiger partial charge < -0.3 is 4.90 Å². The van der Waals surface area contributed by atoms with Gasteiger partial charge in [0, 0.05) is 32.4 Å².